The third-order valence-electron chi connectivity index (χ3n) is 3.88. The Bertz CT molecular complexity index is 307. The third-order valence-corrected chi connectivity index (χ3v) is 3.88. The van der Waals surface area contributed by atoms with E-state index in [4.69, 9.17) is 0 Å². The molecule has 18 heavy (non-hydrogen) atoms. The van der Waals surface area contributed by atoms with E-state index in [1.54, 1.807) is 17.1 Å². The zero-order valence-corrected chi connectivity index (χ0v) is 11.0. The summed E-state index contributed by atoms with van der Waals surface area (Å²) in [5.74, 6) is 1.66. The number of likely N-dealkylation sites (tertiary alicyclic amines) is 1. The highest BCUT2D eigenvalue weighted by molar-refractivity contribution is 5.78. The zero-order valence-electron chi connectivity index (χ0n) is 11.0. The van der Waals surface area contributed by atoms with Crippen molar-refractivity contribution in [1.82, 2.24) is 15.1 Å². The Labute approximate surface area is 109 Å². The van der Waals surface area contributed by atoms with Crippen LogP contribution in [-0.4, -0.2) is 61.5 Å². The van der Waals surface area contributed by atoms with Crippen molar-refractivity contribution in [3.8, 4) is 0 Å². The van der Waals surface area contributed by atoms with Crippen molar-refractivity contribution in [3.63, 3.8) is 0 Å². The molecule has 0 radical (unpaired) electrons. The first-order valence-electron chi connectivity index (χ1n) is 6.67. The second kappa shape index (κ2) is 6.16. The number of hydrogen-bond acceptors (Lipinski definition) is 3. The lowest BCUT2D eigenvalue weighted by atomic mass is 10.0. The van der Waals surface area contributed by atoms with Crippen LogP contribution in [0.1, 0.15) is 0 Å². The van der Waals surface area contributed by atoms with E-state index in [-0.39, 0.29) is 5.91 Å². The molecule has 1 N–H and O–H groups in total. The van der Waals surface area contributed by atoms with Gasteiger partial charge >= 0.3 is 0 Å². The Hall–Kier alpha value is -1.13. The third kappa shape index (κ3) is 3.00. The van der Waals surface area contributed by atoms with Gasteiger partial charge in [-0.3, -0.25) is 9.69 Å². The van der Waals surface area contributed by atoms with Gasteiger partial charge in [0.25, 0.3) is 0 Å². The van der Waals surface area contributed by atoms with E-state index in [2.05, 4.69) is 23.4 Å². The van der Waals surface area contributed by atoms with E-state index in [1.165, 1.54) is 0 Å². The smallest absolute Gasteiger partial charge is 0.237 e. The molecule has 2 atom stereocenters. The molecule has 0 aliphatic carbocycles. The minimum Gasteiger partial charge on any atom is -0.334 e. The molecule has 2 unspecified atom stereocenters. The fraction of sp³-hybridized carbons (Fsp3) is 0.643. The van der Waals surface area contributed by atoms with Gasteiger partial charge in [-0.15, -0.1) is 13.2 Å². The molecule has 2 aliphatic heterocycles. The molecule has 0 aromatic carbocycles. The van der Waals surface area contributed by atoms with Gasteiger partial charge in [0.05, 0.1) is 6.54 Å². The molecule has 2 aliphatic rings. The highest BCUT2D eigenvalue weighted by atomic mass is 16.2. The first-order valence-corrected chi connectivity index (χ1v) is 6.67. The fourth-order valence-corrected chi connectivity index (χ4v) is 2.96. The molecule has 2 heterocycles. The van der Waals surface area contributed by atoms with E-state index in [0.29, 0.717) is 19.6 Å². The number of nitrogens with one attached hydrogen (secondary N) is 1. The molecule has 0 bridgehead atoms. The van der Waals surface area contributed by atoms with Gasteiger partial charge in [0.1, 0.15) is 0 Å². The van der Waals surface area contributed by atoms with Crippen LogP contribution in [-0.2, 0) is 4.79 Å². The molecule has 4 heteroatoms. The standard InChI is InChI=1S/C14H23N3O/c1-3-5-17(6-4-2)14(18)11-16-9-12-7-15-8-13(12)10-16/h3-4,12-13,15H,1-2,5-11H2. The number of amides is 1. The SMILES string of the molecule is C=CCN(CC=C)C(=O)CN1CC2CNCC2C1. The van der Waals surface area contributed by atoms with Crippen molar-refractivity contribution in [3.05, 3.63) is 25.3 Å². The molecule has 0 aromatic heterocycles. The van der Waals surface area contributed by atoms with Crippen LogP contribution in [0.4, 0.5) is 0 Å². The van der Waals surface area contributed by atoms with Gasteiger partial charge in [0.2, 0.25) is 5.91 Å². The van der Waals surface area contributed by atoms with Gasteiger partial charge in [0.15, 0.2) is 0 Å². The lowest BCUT2D eigenvalue weighted by Gasteiger charge is -2.23. The maximum absolute atomic E-state index is 12.2. The van der Waals surface area contributed by atoms with Crippen LogP contribution in [0.3, 0.4) is 0 Å². The molecule has 0 spiro atoms. The highest BCUT2D eigenvalue weighted by Gasteiger charge is 2.36. The summed E-state index contributed by atoms with van der Waals surface area (Å²) >= 11 is 0. The Morgan fingerprint density at radius 3 is 2.28 bits per heavy atom. The minimum atomic E-state index is 0.183. The normalized spacial score (nSPS) is 26.9. The van der Waals surface area contributed by atoms with Crippen molar-refractivity contribution >= 4 is 5.91 Å². The van der Waals surface area contributed by atoms with Crippen LogP contribution in [0.2, 0.25) is 0 Å². The molecule has 1 amide bonds. The fourth-order valence-electron chi connectivity index (χ4n) is 2.96. The summed E-state index contributed by atoms with van der Waals surface area (Å²) in [6.45, 7) is 13.5. The van der Waals surface area contributed by atoms with Crippen LogP contribution in [0.5, 0.6) is 0 Å². The van der Waals surface area contributed by atoms with Crippen LogP contribution < -0.4 is 5.32 Å². The van der Waals surface area contributed by atoms with Crippen LogP contribution in [0.25, 0.3) is 0 Å². The molecular weight excluding hydrogens is 226 g/mol. The van der Waals surface area contributed by atoms with Gasteiger partial charge in [0, 0.05) is 26.2 Å². The summed E-state index contributed by atoms with van der Waals surface area (Å²) in [5.41, 5.74) is 0. The Morgan fingerprint density at radius 1 is 1.22 bits per heavy atom. The van der Waals surface area contributed by atoms with Crippen molar-refractivity contribution < 1.29 is 4.79 Å². The topological polar surface area (TPSA) is 35.6 Å². The van der Waals surface area contributed by atoms with Gasteiger partial charge in [-0.05, 0) is 24.9 Å². The van der Waals surface area contributed by atoms with Gasteiger partial charge in [-0.25, -0.2) is 0 Å². The summed E-state index contributed by atoms with van der Waals surface area (Å²) in [7, 11) is 0. The number of carbonyl (C=O) groups excluding carboxylic acids is 1. The maximum atomic E-state index is 12.2. The van der Waals surface area contributed by atoms with E-state index >= 15 is 0 Å². The van der Waals surface area contributed by atoms with Gasteiger partial charge in [-0.2, -0.15) is 0 Å². The average molecular weight is 249 g/mol. The van der Waals surface area contributed by atoms with E-state index < -0.39 is 0 Å². The predicted molar refractivity (Wildman–Crippen MR) is 73.3 cm³/mol. The average Bonchev–Trinajstić information content (AvgIpc) is 2.89. The van der Waals surface area contributed by atoms with E-state index in [9.17, 15) is 4.79 Å². The number of rotatable bonds is 6. The highest BCUT2D eigenvalue weighted by Crippen LogP contribution is 2.25. The number of fused-ring (bicyclic) bond motifs is 1. The van der Waals surface area contributed by atoms with E-state index in [0.717, 1.165) is 38.0 Å². The summed E-state index contributed by atoms with van der Waals surface area (Å²) < 4.78 is 0. The lowest BCUT2D eigenvalue weighted by Crippen LogP contribution is -2.40. The second-order valence-corrected chi connectivity index (χ2v) is 5.25. The Balaban J connectivity index is 1.83. The summed E-state index contributed by atoms with van der Waals surface area (Å²) in [4.78, 5) is 16.3. The van der Waals surface area contributed by atoms with Crippen molar-refractivity contribution in [2.24, 2.45) is 11.8 Å². The molecule has 2 rings (SSSR count). The van der Waals surface area contributed by atoms with Crippen LogP contribution in [0.15, 0.2) is 25.3 Å². The number of carbonyl (C=O) groups is 1. The Morgan fingerprint density at radius 2 is 1.78 bits per heavy atom. The zero-order chi connectivity index (χ0) is 13.0. The number of hydrogen-bond donors (Lipinski definition) is 1. The maximum Gasteiger partial charge on any atom is 0.237 e. The molecule has 4 nitrogen and oxygen atoms in total. The van der Waals surface area contributed by atoms with Crippen molar-refractivity contribution in [2.75, 3.05) is 45.8 Å². The summed E-state index contributed by atoms with van der Waals surface area (Å²) in [5, 5.41) is 3.41. The minimum absolute atomic E-state index is 0.183. The van der Waals surface area contributed by atoms with Gasteiger partial charge in [-0.1, -0.05) is 12.2 Å². The molecule has 2 saturated heterocycles. The largest absolute Gasteiger partial charge is 0.334 e. The lowest BCUT2D eigenvalue weighted by molar-refractivity contribution is -0.131. The van der Waals surface area contributed by atoms with Crippen molar-refractivity contribution in [2.45, 2.75) is 0 Å². The monoisotopic (exact) mass is 249 g/mol. The summed E-state index contributed by atoms with van der Waals surface area (Å²) in [6, 6.07) is 0. The second-order valence-electron chi connectivity index (χ2n) is 5.25. The van der Waals surface area contributed by atoms with Crippen LogP contribution >= 0.6 is 0 Å². The molecule has 2 fully saturated rings. The molecular formula is C14H23N3O. The van der Waals surface area contributed by atoms with E-state index in [1.807, 2.05) is 0 Å². The van der Waals surface area contributed by atoms with Crippen molar-refractivity contribution in [1.29, 1.82) is 0 Å². The predicted octanol–water partition coefficient (Wildman–Crippen LogP) is 0.338. The quantitative estimate of drug-likeness (QED) is 0.690. The van der Waals surface area contributed by atoms with Gasteiger partial charge < -0.3 is 10.2 Å². The Kier molecular flexibility index (Phi) is 4.55. The first-order chi connectivity index (χ1) is 8.74. The number of nitrogens with zero attached hydrogens (tertiary/aromatic N) is 2. The molecule has 0 aromatic rings. The van der Waals surface area contributed by atoms with Crippen LogP contribution in [0, 0.1) is 11.8 Å². The molecule has 0 saturated carbocycles. The summed E-state index contributed by atoms with van der Waals surface area (Å²) in [6.07, 6.45) is 3.54. The first kappa shape index (κ1) is 13.3. The molecule has 100 valence electrons.